The predicted octanol–water partition coefficient (Wildman–Crippen LogP) is 0.724. The van der Waals surface area contributed by atoms with E-state index in [1.807, 2.05) is 0 Å². The van der Waals surface area contributed by atoms with Crippen molar-refractivity contribution >= 4 is 29.2 Å². The highest BCUT2D eigenvalue weighted by atomic mass is 32.1. The molecule has 0 fully saturated rings. The molecular formula is C13H16N2O4S. The number of carbonyl (C=O) groups excluding carboxylic acids is 2. The van der Waals surface area contributed by atoms with Crippen LogP contribution in [0.1, 0.15) is 20.7 Å². The average Bonchev–Trinajstić information content (AvgIpc) is 2.46. The number of hydrogen-bond donors (Lipinski definition) is 2. The minimum atomic E-state index is -0.500. The number of methoxy groups -OCH3 is 2. The highest BCUT2D eigenvalue weighted by molar-refractivity contribution is 7.80. The quantitative estimate of drug-likeness (QED) is 0.474. The number of esters is 1. The SMILES string of the molecule is COCCNC(=S)NC(=O)c1cccc(C(=O)OC)c1. The van der Waals surface area contributed by atoms with Gasteiger partial charge in [-0.15, -0.1) is 0 Å². The number of hydrogen-bond acceptors (Lipinski definition) is 5. The van der Waals surface area contributed by atoms with Crippen LogP contribution >= 0.6 is 12.2 Å². The Morgan fingerprint density at radius 3 is 2.60 bits per heavy atom. The molecule has 108 valence electrons. The predicted molar refractivity (Wildman–Crippen MR) is 77.7 cm³/mol. The molecule has 1 aromatic rings. The Balaban J connectivity index is 2.63. The smallest absolute Gasteiger partial charge is 0.337 e. The summed E-state index contributed by atoms with van der Waals surface area (Å²) in [4.78, 5) is 23.3. The topological polar surface area (TPSA) is 76.7 Å². The fraction of sp³-hybridized carbons (Fsp3) is 0.308. The molecule has 0 aliphatic heterocycles. The number of nitrogens with one attached hydrogen (secondary N) is 2. The van der Waals surface area contributed by atoms with Gasteiger partial charge in [-0.05, 0) is 30.4 Å². The van der Waals surface area contributed by atoms with E-state index in [2.05, 4.69) is 15.4 Å². The van der Waals surface area contributed by atoms with Crippen LogP contribution in [0.25, 0.3) is 0 Å². The number of benzene rings is 1. The van der Waals surface area contributed by atoms with E-state index in [4.69, 9.17) is 17.0 Å². The van der Waals surface area contributed by atoms with Crippen molar-refractivity contribution in [3.8, 4) is 0 Å². The Morgan fingerprint density at radius 2 is 1.95 bits per heavy atom. The summed E-state index contributed by atoms with van der Waals surface area (Å²) in [5.41, 5.74) is 0.627. The zero-order valence-electron chi connectivity index (χ0n) is 11.3. The van der Waals surface area contributed by atoms with Crippen LogP contribution < -0.4 is 10.6 Å². The standard InChI is InChI=1S/C13H16N2O4S/c1-18-7-6-14-13(20)15-11(16)9-4-3-5-10(8-9)12(17)19-2/h3-5,8H,6-7H2,1-2H3,(H2,14,15,16,20). The first-order chi connectivity index (χ1) is 9.58. The highest BCUT2D eigenvalue weighted by Crippen LogP contribution is 2.06. The van der Waals surface area contributed by atoms with Crippen molar-refractivity contribution in [1.82, 2.24) is 10.6 Å². The fourth-order valence-corrected chi connectivity index (χ4v) is 1.59. The van der Waals surface area contributed by atoms with Gasteiger partial charge in [-0.25, -0.2) is 4.79 Å². The minimum Gasteiger partial charge on any atom is -0.465 e. The van der Waals surface area contributed by atoms with Crippen molar-refractivity contribution in [3.63, 3.8) is 0 Å². The van der Waals surface area contributed by atoms with Crippen LogP contribution in [0.3, 0.4) is 0 Å². The molecule has 0 aromatic heterocycles. The highest BCUT2D eigenvalue weighted by Gasteiger charge is 2.11. The first-order valence-electron chi connectivity index (χ1n) is 5.85. The van der Waals surface area contributed by atoms with Gasteiger partial charge >= 0.3 is 5.97 Å². The normalized spacial score (nSPS) is 9.70. The Morgan fingerprint density at radius 1 is 1.25 bits per heavy atom. The summed E-state index contributed by atoms with van der Waals surface area (Å²) < 4.78 is 9.44. The Labute approximate surface area is 122 Å². The van der Waals surface area contributed by atoms with E-state index in [-0.39, 0.29) is 5.11 Å². The number of carbonyl (C=O) groups is 2. The van der Waals surface area contributed by atoms with Gasteiger partial charge < -0.3 is 14.8 Å². The van der Waals surface area contributed by atoms with Gasteiger partial charge in [0.05, 0.1) is 19.3 Å². The summed E-state index contributed by atoms with van der Waals surface area (Å²) in [6.45, 7) is 0.978. The molecule has 7 heteroatoms. The zero-order chi connectivity index (χ0) is 15.0. The molecule has 2 N–H and O–H groups in total. The molecule has 1 amide bonds. The molecule has 1 aromatic carbocycles. The van der Waals surface area contributed by atoms with Gasteiger partial charge in [0.1, 0.15) is 0 Å². The maximum atomic E-state index is 11.9. The summed E-state index contributed by atoms with van der Waals surface area (Å²) in [5, 5.41) is 5.53. The second-order valence-electron chi connectivity index (χ2n) is 3.78. The lowest BCUT2D eigenvalue weighted by molar-refractivity contribution is 0.0600. The molecule has 0 saturated heterocycles. The second-order valence-corrected chi connectivity index (χ2v) is 4.18. The molecule has 0 heterocycles. The third-order valence-electron chi connectivity index (χ3n) is 2.36. The lowest BCUT2D eigenvalue weighted by atomic mass is 10.1. The molecule has 6 nitrogen and oxygen atoms in total. The first kappa shape index (κ1) is 16.1. The largest absolute Gasteiger partial charge is 0.465 e. The van der Waals surface area contributed by atoms with Crippen LogP contribution in [0.2, 0.25) is 0 Å². The average molecular weight is 296 g/mol. The maximum Gasteiger partial charge on any atom is 0.337 e. The van der Waals surface area contributed by atoms with Crippen molar-refractivity contribution in [2.75, 3.05) is 27.4 Å². The molecule has 0 spiro atoms. The maximum absolute atomic E-state index is 11.9. The van der Waals surface area contributed by atoms with E-state index in [1.165, 1.54) is 13.2 Å². The van der Waals surface area contributed by atoms with Gasteiger partial charge in [-0.3, -0.25) is 10.1 Å². The molecule has 0 aliphatic carbocycles. The molecule has 0 unspecified atom stereocenters. The fourth-order valence-electron chi connectivity index (χ4n) is 1.39. The second kappa shape index (κ2) is 8.23. The van der Waals surface area contributed by atoms with Crippen LogP contribution in [0, 0.1) is 0 Å². The van der Waals surface area contributed by atoms with Crippen molar-refractivity contribution in [3.05, 3.63) is 35.4 Å². The summed E-state index contributed by atoms with van der Waals surface area (Å²) in [5.74, 6) is -0.897. The van der Waals surface area contributed by atoms with Gasteiger partial charge in [0, 0.05) is 19.2 Å². The minimum absolute atomic E-state index is 0.204. The van der Waals surface area contributed by atoms with Crippen molar-refractivity contribution in [2.24, 2.45) is 0 Å². The van der Waals surface area contributed by atoms with E-state index in [0.717, 1.165) is 0 Å². The third kappa shape index (κ3) is 4.94. The van der Waals surface area contributed by atoms with E-state index < -0.39 is 11.9 Å². The molecule has 20 heavy (non-hydrogen) atoms. The molecule has 0 radical (unpaired) electrons. The summed E-state index contributed by atoms with van der Waals surface area (Å²) in [6.07, 6.45) is 0. The van der Waals surface area contributed by atoms with Gasteiger partial charge in [0.15, 0.2) is 5.11 Å². The summed E-state index contributed by atoms with van der Waals surface area (Å²) >= 11 is 4.96. The third-order valence-corrected chi connectivity index (χ3v) is 2.61. The molecule has 0 aliphatic rings. The van der Waals surface area contributed by atoms with Crippen LogP contribution in [0.15, 0.2) is 24.3 Å². The van der Waals surface area contributed by atoms with E-state index in [0.29, 0.717) is 24.3 Å². The summed E-state index contributed by atoms with van der Waals surface area (Å²) in [7, 11) is 2.85. The molecule has 0 bridgehead atoms. The molecule has 0 atom stereocenters. The van der Waals surface area contributed by atoms with Crippen molar-refractivity contribution in [1.29, 1.82) is 0 Å². The van der Waals surface area contributed by atoms with Crippen LogP contribution in [0.4, 0.5) is 0 Å². The first-order valence-corrected chi connectivity index (χ1v) is 6.25. The number of rotatable bonds is 5. The van der Waals surface area contributed by atoms with Crippen LogP contribution in [0.5, 0.6) is 0 Å². The zero-order valence-corrected chi connectivity index (χ0v) is 12.1. The number of ether oxygens (including phenoxy) is 2. The van der Waals surface area contributed by atoms with Crippen molar-refractivity contribution in [2.45, 2.75) is 0 Å². The van der Waals surface area contributed by atoms with E-state index in [1.54, 1.807) is 25.3 Å². The number of thiocarbonyl (C=S) groups is 1. The van der Waals surface area contributed by atoms with Gasteiger partial charge in [0.25, 0.3) is 5.91 Å². The monoisotopic (exact) mass is 296 g/mol. The Hall–Kier alpha value is -1.99. The summed E-state index contributed by atoms with van der Waals surface area (Å²) in [6, 6.07) is 6.19. The van der Waals surface area contributed by atoms with Gasteiger partial charge in [0.2, 0.25) is 0 Å². The molecular weight excluding hydrogens is 280 g/mol. The molecule has 1 rings (SSSR count). The van der Waals surface area contributed by atoms with Crippen LogP contribution in [-0.4, -0.2) is 44.4 Å². The van der Waals surface area contributed by atoms with Gasteiger partial charge in [-0.1, -0.05) is 6.07 Å². The Bertz CT molecular complexity index is 505. The molecule has 0 saturated carbocycles. The van der Waals surface area contributed by atoms with E-state index >= 15 is 0 Å². The van der Waals surface area contributed by atoms with Gasteiger partial charge in [-0.2, -0.15) is 0 Å². The van der Waals surface area contributed by atoms with Crippen LogP contribution in [-0.2, 0) is 9.47 Å². The van der Waals surface area contributed by atoms with Crippen molar-refractivity contribution < 1.29 is 19.1 Å². The lowest BCUT2D eigenvalue weighted by Crippen LogP contribution is -2.40. The van der Waals surface area contributed by atoms with E-state index in [9.17, 15) is 9.59 Å². The lowest BCUT2D eigenvalue weighted by Gasteiger charge is -2.09. The Kier molecular flexibility index (Phi) is 6.61. The number of amides is 1.